The lowest BCUT2D eigenvalue weighted by Crippen LogP contribution is -2.54. The van der Waals surface area contributed by atoms with Crippen LogP contribution in [0, 0.1) is 0 Å². The zero-order valence-corrected chi connectivity index (χ0v) is 13.2. The number of piperidine rings is 1. The number of amides is 1. The summed E-state index contributed by atoms with van der Waals surface area (Å²) in [5.74, 6) is -2.25. The number of alkyl halides is 3. The molecule has 0 aromatic carbocycles. The summed E-state index contributed by atoms with van der Waals surface area (Å²) < 4.78 is 39.2. The lowest BCUT2D eigenvalue weighted by atomic mass is 9.92. The number of pyridine rings is 1. The zero-order valence-electron chi connectivity index (χ0n) is 13.2. The van der Waals surface area contributed by atoms with Crippen LogP contribution >= 0.6 is 0 Å². The molecule has 6 nitrogen and oxygen atoms in total. The molecule has 0 spiro atoms. The minimum Gasteiger partial charge on any atom is -0.479 e. The van der Waals surface area contributed by atoms with E-state index in [0.29, 0.717) is 6.07 Å². The summed E-state index contributed by atoms with van der Waals surface area (Å²) in [6, 6.07) is 2.02. The quantitative estimate of drug-likeness (QED) is 0.863. The highest BCUT2D eigenvalue weighted by Crippen LogP contribution is 2.41. The summed E-state index contributed by atoms with van der Waals surface area (Å²) in [7, 11) is 0. The predicted molar refractivity (Wildman–Crippen MR) is 78.9 cm³/mol. The fraction of sp³-hybridized carbons (Fsp3) is 0.562. The highest BCUT2D eigenvalue weighted by Gasteiger charge is 2.42. The Balaban J connectivity index is 1.91. The van der Waals surface area contributed by atoms with Crippen molar-refractivity contribution in [2.45, 2.75) is 43.4 Å². The van der Waals surface area contributed by atoms with Crippen molar-refractivity contribution in [1.29, 1.82) is 0 Å². The normalized spacial score (nSPS) is 24.2. The number of β-amino-alcohol motifs (C(OH)–C–C–N with tert-alkyl or cyclic N) is 1. The van der Waals surface area contributed by atoms with Gasteiger partial charge in [-0.15, -0.1) is 0 Å². The SMILES string of the molecule is O=C(c1cc(C2CC2)nc(C(F)(F)F)c1)N1CCCC(O)(C(=O)O)C1. The molecule has 1 amide bonds. The van der Waals surface area contributed by atoms with Crippen molar-refractivity contribution < 1.29 is 33.0 Å². The molecule has 1 saturated carbocycles. The largest absolute Gasteiger partial charge is 0.479 e. The number of carbonyl (C=O) groups is 2. The molecule has 2 heterocycles. The third kappa shape index (κ3) is 3.60. The Hall–Kier alpha value is -2.16. The van der Waals surface area contributed by atoms with Crippen LogP contribution in [-0.2, 0) is 11.0 Å². The van der Waals surface area contributed by atoms with Gasteiger partial charge in [0.1, 0.15) is 5.69 Å². The van der Waals surface area contributed by atoms with Crippen LogP contribution in [0.3, 0.4) is 0 Å². The number of hydrogen-bond donors (Lipinski definition) is 2. The van der Waals surface area contributed by atoms with Crippen molar-refractivity contribution in [2.24, 2.45) is 0 Å². The molecule has 0 bridgehead atoms. The van der Waals surface area contributed by atoms with Crippen LogP contribution in [0.1, 0.15) is 53.3 Å². The van der Waals surface area contributed by atoms with Crippen molar-refractivity contribution in [1.82, 2.24) is 9.88 Å². The molecule has 1 saturated heterocycles. The maximum atomic E-state index is 13.1. The Kier molecular flexibility index (Phi) is 4.22. The molecule has 1 aliphatic carbocycles. The molecule has 2 fully saturated rings. The van der Waals surface area contributed by atoms with E-state index in [0.717, 1.165) is 17.7 Å². The summed E-state index contributed by atoms with van der Waals surface area (Å²) in [6.45, 7) is -0.277. The van der Waals surface area contributed by atoms with Crippen LogP contribution in [-0.4, -0.2) is 50.7 Å². The minimum atomic E-state index is -4.68. The first-order valence-corrected chi connectivity index (χ1v) is 7.94. The lowest BCUT2D eigenvalue weighted by Gasteiger charge is -2.36. The summed E-state index contributed by atoms with van der Waals surface area (Å²) in [5.41, 5.74) is -3.17. The van der Waals surface area contributed by atoms with E-state index >= 15 is 0 Å². The molecule has 25 heavy (non-hydrogen) atoms. The lowest BCUT2D eigenvalue weighted by molar-refractivity contribution is -0.163. The van der Waals surface area contributed by atoms with Crippen LogP contribution in [0.15, 0.2) is 12.1 Å². The Morgan fingerprint density at radius 3 is 2.52 bits per heavy atom. The van der Waals surface area contributed by atoms with E-state index in [2.05, 4.69) is 4.98 Å². The molecule has 0 radical (unpaired) electrons. The molecule has 1 aromatic heterocycles. The molecular weight excluding hydrogens is 341 g/mol. The Labute approximate surface area is 141 Å². The topological polar surface area (TPSA) is 90.7 Å². The van der Waals surface area contributed by atoms with Gasteiger partial charge >= 0.3 is 12.1 Å². The molecule has 9 heteroatoms. The highest BCUT2D eigenvalue weighted by atomic mass is 19.4. The fourth-order valence-corrected chi connectivity index (χ4v) is 2.98. The first-order valence-electron chi connectivity index (χ1n) is 7.94. The van der Waals surface area contributed by atoms with Crippen LogP contribution in [0.2, 0.25) is 0 Å². The summed E-state index contributed by atoms with van der Waals surface area (Å²) in [4.78, 5) is 28.5. The van der Waals surface area contributed by atoms with Gasteiger partial charge in [0.2, 0.25) is 0 Å². The maximum Gasteiger partial charge on any atom is 0.433 e. The van der Waals surface area contributed by atoms with Crippen molar-refractivity contribution >= 4 is 11.9 Å². The van der Waals surface area contributed by atoms with Crippen molar-refractivity contribution in [2.75, 3.05) is 13.1 Å². The number of rotatable bonds is 3. The number of aliphatic hydroxyl groups is 1. The first-order chi connectivity index (χ1) is 11.6. The Morgan fingerprint density at radius 1 is 1.28 bits per heavy atom. The summed E-state index contributed by atoms with van der Waals surface area (Å²) in [5, 5.41) is 19.2. The van der Waals surface area contributed by atoms with Gasteiger partial charge in [-0.05, 0) is 37.8 Å². The smallest absolute Gasteiger partial charge is 0.433 e. The molecule has 2 N–H and O–H groups in total. The third-order valence-electron chi connectivity index (χ3n) is 4.53. The minimum absolute atomic E-state index is 0.0103. The van der Waals surface area contributed by atoms with Gasteiger partial charge in [-0.1, -0.05) is 0 Å². The first kappa shape index (κ1) is 17.7. The van der Waals surface area contributed by atoms with E-state index < -0.39 is 35.9 Å². The van der Waals surface area contributed by atoms with Gasteiger partial charge in [0.25, 0.3) is 5.91 Å². The monoisotopic (exact) mass is 358 g/mol. The molecule has 136 valence electrons. The standard InChI is InChI=1S/C16H17F3N2O4/c17-16(18,19)12-7-10(6-11(20-12)9-2-3-9)13(22)21-5-1-4-15(25,8-21)14(23)24/h6-7,9,25H,1-5,8H2,(H,23,24). The van der Waals surface area contributed by atoms with Crippen molar-refractivity contribution in [3.8, 4) is 0 Å². The second-order valence-corrected chi connectivity index (χ2v) is 6.60. The van der Waals surface area contributed by atoms with E-state index in [1.165, 1.54) is 6.07 Å². The maximum absolute atomic E-state index is 13.1. The number of likely N-dealkylation sites (tertiary alicyclic amines) is 1. The number of nitrogens with zero attached hydrogens (tertiary/aromatic N) is 2. The number of halogens is 3. The number of aliphatic carboxylic acids is 1. The molecule has 1 atom stereocenters. The average Bonchev–Trinajstić information content (AvgIpc) is 3.37. The zero-order chi connectivity index (χ0) is 18.4. The van der Waals surface area contributed by atoms with Crippen molar-refractivity contribution in [3.05, 3.63) is 29.1 Å². The molecule has 1 aliphatic heterocycles. The molecule has 2 aliphatic rings. The number of carboxylic acid groups (broad SMARTS) is 1. The van der Waals surface area contributed by atoms with Crippen LogP contribution < -0.4 is 0 Å². The van der Waals surface area contributed by atoms with E-state index in [1.807, 2.05) is 0 Å². The predicted octanol–water partition coefficient (Wildman–Crippen LogP) is 2.03. The summed E-state index contributed by atoms with van der Waals surface area (Å²) >= 11 is 0. The fourth-order valence-electron chi connectivity index (χ4n) is 2.98. The van der Waals surface area contributed by atoms with Gasteiger partial charge in [0, 0.05) is 23.7 Å². The molecule has 1 aromatic rings. The second kappa shape index (κ2) is 5.98. The van der Waals surface area contributed by atoms with Gasteiger partial charge in [-0.25, -0.2) is 9.78 Å². The number of aromatic nitrogens is 1. The van der Waals surface area contributed by atoms with Crippen LogP contribution in [0.25, 0.3) is 0 Å². The van der Waals surface area contributed by atoms with Crippen molar-refractivity contribution in [3.63, 3.8) is 0 Å². The Morgan fingerprint density at radius 2 is 1.96 bits per heavy atom. The third-order valence-corrected chi connectivity index (χ3v) is 4.53. The van der Waals surface area contributed by atoms with Crippen LogP contribution in [0.4, 0.5) is 13.2 Å². The average molecular weight is 358 g/mol. The van der Waals surface area contributed by atoms with Crippen LogP contribution in [0.5, 0.6) is 0 Å². The van der Waals surface area contributed by atoms with E-state index in [9.17, 15) is 27.9 Å². The second-order valence-electron chi connectivity index (χ2n) is 6.60. The molecular formula is C16H17F3N2O4. The molecule has 1 unspecified atom stereocenters. The van der Waals surface area contributed by atoms with Gasteiger partial charge in [0.15, 0.2) is 5.60 Å². The van der Waals surface area contributed by atoms with E-state index in [-0.39, 0.29) is 36.6 Å². The Bertz CT molecular complexity index is 718. The highest BCUT2D eigenvalue weighted by molar-refractivity contribution is 5.95. The number of carboxylic acids is 1. The molecule has 3 rings (SSSR count). The van der Waals surface area contributed by atoms with E-state index in [4.69, 9.17) is 5.11 Å². The van der Waals surface area contributed by atoms with Gasteiger partial charge < -0.3 is 15.1 Å². The number of carbonyl (C=O) groups excluding carboxylic acids is 1. The van der Waals surface area contributed by atoms with E-state index in [1.54, 1.807) is 0 Å². The van der Waals surface area contributed by atoms with Gasteiger partial charge in [-0.3, -0.25) is 4.79 Å². The number of hydrogen-bond acceptors (Lipinski definition) is 4. The van der Waals surface area contributed by atoms with Gasteiger partial charge in [-0.2, -0.15) is 13.2 Å². The van der Waals surface area contributed by atoms with Gasteiger partial charge in [0.05, 0.1) is 6.54 Å². The summed E-state index contributed by atoms with van der Waals surface area (Å²) in [6.07, 6.45) is -2.98.